The van der Waals surface area contributed by atoms with Gasteiger partial charge in [0.1, 0.15) is 0 Å². The van der Waals surface area contributed by atoms with Crippen LogP contribution in [0.25, 0.3) is 0 Å². The summed E-state index contributed by atoms with van der Waals surface area (Å²) < 4.78 is 0. The molecule has 114 valence electrons. The van der Waals surface area contributed by atoms with Gasteiger partial charge in [0.2, 0.25) is 0 Å². The molecule has 0 aliphatic carbocycles. The van der Waals surface area contributed by atoms with E-state index in [-0.39, 0.29) is 0 Å². The lowest BCUT2D eigenvalue weighted by molar-refractivity contribution is 0.589. The normalized spacial score (nSPS) is 11.1. The zero-order valence-corrected chi connectivity index (χ0v) is 14.5. The first-order chi connectivity index (χ1) is 10.1. The van der Waals surface area contributed by atoms with E-state index in [9.17, 15) is 0 Å². The first-order valence-corrected chi connectivity index (χ1v) is 8.65. The van der Waals surface area contributed by atoms with E-state index < -0.39 is 0 Å². The van der Waals surface area contributed by atoms with Crippen molar-refractivity contribution >= 4 is 28.6 Å². The summed E-state index contributed by atoms with van der Waals surface area (Å²) >= 11 is 8.28. The van der Waals surface area contributed by atoms with E-state index in [0.29, 0.717) is 6.04 Å². The Morgan fingerprint density at radius 2 is 2.10 bits per heavy atom. The van der Waals surface area contributed by atoms with E-state index in [1.54, 1.807) is 11.3 Å². The highest BCUT2D eigenvalue weighted by Crippen LogP contribution is 2.28. The van der Waals surface area contributed by atoms with Crippen LogP contribution in [0.1, 0.15) is 31.2 Å². The van der Waals surface area contributed by atoms with E-state index in [0.717, 1.165) is 30.3 Å². The molecule has 0 bridgehead atoms. The molecular formula is C17H23ClN2S. The van der Waals surface area contributed by atoms with Gasteiger partial charge in [-0.15, -0.1) is 11.3 Å². The standard InChI is InChI=1S/C17H23ClN2S/c1-4-20(12-15-6-5-9-21-15)17-8-7-14(10-16(17)18)11-19-13(2)3/h5-10,13,19H,4,11-12H2,1-3H3. The Morgan fingerprint density at radius 1 is 1.29 bits per heavy atom. The zero-order chi connectivity index (χ0) is 15.2. The summed E-state index contributed by atoms with van der Waals surface area (Å²) in [5, 5.41) is 6.36. The molecule has 0 aliphatic heterocycles. The minimum atomic E-state index is 0.481. The molecule has 0 saturated carbocycles. The fourth-order valence-corrected chi connectivity index (χ4v) is 3.24. The fourth-order valence-electron chi connectivity index (χ4n) is 2.20. The molecule has 0 spiro atoms. The van der Waals surface area contributed by atoms with Crippen LogP contribution in [0.4, 0.5) is 5.69 Å². The van der Waals surface area contributed by atoms with Crippen molar-refractivity contribution in [3.8, 4) is 0 Å². The third kappa shape index (κ3) is 4.73. The SMILES string of the molecule is CCN(Cc1cccs1)c1ccc(CNC(C)C)cc1Cl. The highest BCUT2D eigenvalue weighted by atomic mass is 35.5. The summed E-state index contributed by atoms with van der Waals surface area (Å²) in [6.07, 6.45) is 0. The van der Waals surface area contributed by atoms with Gasteiger partial charge >= 0.3 is 0 Å². The molecule has 2 rings (SSSR count). The number of rotatable bonds is 7. The maximum atomic E-state index is 6.49. The topological polar surface area (TPSA) is 15.3 Å². The Balaban J connectivity index is 2.10. The fraction of sp³-hybridized carbons (Fsp3) is 0.412. The molecule has 0 radical (unpaired) electrons. The second-order valence-electron chi connectivity index (χ2n) is 5.41. The Labute approximate surface area is 136 Å². The molecule has 1 aromatic carbocycles. The highest BCUT2D eigenvalue weighted by Gasteiger charge is 2.10. The van der Waals surface area contributed by atoms with Crippen LogP contribution in [0.15, 0.2) is 35.7 Å². The molecule has 0 atom stereocenters. The van der Waals surface area contributed by atoms with Crippen molar-refractivity contribution in [2.24, 2.45) is 0 Å². The molecule has 0 aliphatic rings. The summed E-state index contributed by atoms with van der Waals surface area (Å²) in [5.41, 5.74) is 2.34. The second-order valence-corrected chi connectivity index (χ2v) is 6.85. The molecule has 21 heavy (non-hydrogen) atoms. The quantitative estimate of drug-likeness (QED) is 0.777. The number of benzene rings is 1. The molecule has 0 saturated heterocycles. The monoisotopic (exact) mass is 322 g/mol. The summed E-state index contributed by atoms with van der Waals surface area (Å²) in [6.45, 7) is 9.18. The Bertz CT molecular complexity index is 552. The molecule has 0 amide bonds. The van der Waals surface area contributed by atoms with Crippen molar-refractivity contribution in [3.63, 3.8) is 0 Å². The number of anilines is 1. The molecule has 2 aromatic rings. The van der Waals surface area contributed by atoms with Crippen molar-refractivity contribution in [2.75, 3.05) is 11.4 Å². The van der Waals surface area contributed by atoms with Gasteiger partial charge in [-0.05, 0) is 36.1 Å². The largest absolute Gasteiger partial charge is 0.365 e. The summed E-state index contributed by atoms with van der Waals surface area (Å²) in [6, 6.07) is 11.1. The number of nitrogens with zero attached hydrogens (tertiary/aromatic N) is 1. The van der Waals surface area contributed by atoms with Crippen LogP contribution in [0.2, 0.25) is 5.02 Å². The van der Waals surface area contributed by atoms with Crippen molar-refractivity contribution in [1.82, 2.24) is 5.32 Å². The van der Waals surface area contributed by atoms with Gasteiger partial charge in [-0.25, -0.2) is 0 Å². The van der Waals surface area contributed by atoms with Gasteiger partial charge in [0.05, 0.1) is 17.3 Å². The number of nitrogens with one attached hydrogen (secondary N) is 1. The van der Waals surface area contributed by atoms with Crippen LogP contribution >= 0.6 is 22.9 Å². The van der Waals surface area contributed by atoms with Crippen LogP contribution in [0.5, 0.6) is 0 Å². The van der Waals surface area contributed by atoms with Crippen LogP contribution in [-0.2, 0) is 13.1 Å². The van der Waals surface area contributed by atoms with Gasteiger partial charge in [-0.2, -0.15) is 0 Å². The maximum Gasteiger partial charge on any atom is 0.0642 e. The van der Waals surface area contributed by atoms with Gasteiger partial charge < -0.3 is 10.2 Å². The summed E-state index contributed by atoms with van der Waals surface area (Å²) in [4.78, 5) is 3.67. The van der Waals surface area contributed by atoms with Crippen molar-refractivity contribution in [1.29, 1.82) is 0 Å². The lowest BCUT2D eigenvalue weighted by Crippen LogP contribution is -2.23. The van der Waals surface area contributed by atoms with Crippen molar-refractivity contribution in [2.45, 2.75) is 39.9 Å². The molecule has 1 heterocycles. The number of hydrogen-bond acceptors (Lipinski definition) is 3. The van der Waals surface area contributed by atoms with Crippen LogP contribution < -0.4 is 10.2 Å². The van der Waals surface area contributed by atoms with E-state index in [1.165, 1.54) is 10.4 Å². The predicted molar refractivity (Wildman–Crippen MR) is 94.5 cm³/mol. The number of thiophene rings is 1. The molecule has 2 nitrogen and oxygen atoms in total. The number of halogens is 1. The van der Waals surface area contributed by atoms with Crippen molar-refractivity contribution in [3.05, 3.63) is 51.2 Å². The predicted octanol–water partition coefficient (Wildman–Crippen LogP) is 4.93. The molecule has 1 N–H and O–H groups in total. The molecule has 0 fully saturated rings. The smallest absolute Gasteiger partial charge is 0.0642 e. The third-order valence-corrected chi connectivity index (χ3v) is 4.54. The van der Waals surface area contributed by atoms with Gasteiger partial charge in [-0.3, -0.25) is 0 Å². The van der Waals surface area contributed by atoms with Crippen LogP contribution in [0, 0.1) is 0 Å². The first kappa shape index (κ1) is 16.3. The van der Waals surface area contributed by atoms with E-state index >= 15 is 0 Å². The summed E-state index contributed by atoms with van der Waals surface area (Å²) in [7, 11) is 0. The maximum absolute atomic E-state index is 6.49. The van der Waals surface area contributed by atoms with Crippen LogP contribution in [0.3, 0.4) is 0 Å². The van der Waals surface area contributed by atoms with Gasteiger partial charge in [0.25, 0.3) is 0 Å². The lowest BCUT2D eigenvalue weighted by atomic mass is 10.1. The van der Waals surface area contributed by atoms with Gasteiger partial charge in [0.15, 0.2) is 0 Å². The Kier molecular flexibility index (Phi) is 6.09. The average Bonchev–Trinajstić information content (AvgIpc) is 2.96. The van der Waals surface area contributed by atoms with Crippen molar-refractivity contribution < 1.29 is 0 Å². The second kappa shape index (κ2) is 7.83. The minimum absolute atomic E-state index is 0.481. The Morgan fingerprint density at radius 3 is 2.67 bits per heavy atom. The molecule has 4 heteroatoms. The number of hydrogen-bond donors (Lipinski definition) is 1. The Hall–Kier alpha value is -1.03. The van der Waals surface area contributed by atoms with E-state index in [4.69, 9.17) is 11.6 Å². The van der Waals surface area contributed by atoms with E-state index in [1.807, 2.05) is 0 Å². The van der Waals surface area contributed by atoms with Gasteiger partial charge in [-0.1, -0.05) is 37.6 Å². The molecule has 0 unspecified atom stereocenters. The van der Waals surface area contributed by atoms with Gasteiger partial charge in [0, 0.05) is 24.0 Å². The minimum Gasteiger partial charge on any atom is -0.365 e. The van der Waals surface area contributed by atoms with E-state index in [2.05, 4.69) is 66.7 Å². The van der Waals surface area contributed by atoms with Crippen LogP contribution in [-0.4, -0.2) is 12.6 Å². The first-order valence-electron chi connectivity index (χ1n) is 7.39. The lowest BCUT2D eigenvalue weighted by Gasteiger charge is -2.24. The third-order valence-electron chi connectivity index (χ3n) is 3.38. The average molecular weight is 323 g/mol. The summed E-state index contributed by atoms with van der Waals surface area (Å²) in [5.74, 6) is 0. The molecule has 1 aromatic heterocycles. The molecular weight excluding hydrogens is 300 g/mol. The zero-order valence-electron chi connectivity index (χ0n) is 12.9. The highest BCUT2D eigenvalue weighted by molar-refractivity contribution is 7.09.